The van der Waals surface area contributed by atoms with E-state index in [0.29, 0.717) is 18.7 Å². The zero-order chi connectivity index (χ0) is 16.3. The predicted molar refractivity (Wildman–Crippen MR) is 80.4 cm³/mol. The van der Waals surface area contributed by atoms with Crippen LogP contribution >= 0.6 is 0 Å². The van der Waals surface area contributed by atoms with Gasteiger partial charge in [0.15, 0.2) is 0 Å². The molecule has 1 aliphatic heterocycles. The molecule has 0 aliphatic carbocycles. The minimum absolute atomic E-state index is 0.140. The van der Waals surface area contributed by atoms with Crippen molar-refractivity contribution in [3.8, 4) is 0 Å². The Morgan fingerprint density at radius 1 is 1.32 bits per heavy atom. The number of carbonyl (C=O) groups excluding carboxylic acids is 3. The second kappa shape index (κ2) is 6.60. The standard InChI is InChI=1S/C16H20N2O4/c1-10-4-5-12(8-11(10)2)16(21)18-7-6-17-15(20)13(18)9-14(19)22-3/h4-5,8,13H,6-7,9H2,1-3H3,(H,17,20). The normalized spacial score (nSPS) is 17.9. The molecule has 1 N–H and O–H groups in total. The van der Waals surface area contributed by atoms with Crippen LogP contribution in [0.5, 0.6) is 0 Å². The van der Waals surface area contributed by atoms with Gasteiger partial charge in [0, 0.05) is 18.7 Å². The van der Waals surface area contributed by atoms with Crippen molar-refractivity contribution < 1.29 is 19.1 Å². The maximum atomic E-state index is 12.7. The number of hydrogen-bond acceptors (Lipinski definition) is 4. The van der Waals surface area contributed by atoms with Crippen molar-refractivity contribution in [1.29, 1.82) is 0 Å². The topological polar surface area (TPSA) is 75.7 Å². The van der Waals surface area contributed by atoms with Crippen LogP contribution in [0.25, 0.3) is 0 Å². The zero-order valence-corrected chi connectivity index (χ0v) is 13.0. The van der Waals surface area contributed by atoms with Crippen molar-refractivity contribution in [3.63, 3.8) is 0 Å². The van der Waals surface area contributed by atoms with E-state index in [1.54, 1.807) is 12.1 Å². The first-order valence-corrected chi connectivity index (χ1v) is 7.16. The number of benzene rings is 1. The number of hydrogen-bond donors (Lipinski definition) is 1. The summed E-state index contributed by atoms with van der Waals surface area (Å²) in [4.78, 5) is 37.6. The Kier molecular flexibility index (Phi) is 4.80. The van der Waals surface area contributed by atoms with Crippen molar-refractivity contribution >= 4 is 17.8 Å². The molecule has 1 unspecified atom stereocenters. The van der Waals surface area contributed by atoms with E-state index in [9.17, 15) is 14.4 Å². The highest BCUT2D eigenvalue weighted by Gasteiger charge is 2.35. The number of nitrogens with zero attached hydrogens (tertiary/aromatic N) is 1. The molecular weight excluding hydrogens is 284 g/mol. The van der Waals surface area contributed by atoms with Gasteiger partial charge in [0.1, 0.15) is 6.04 Å². The molecule has 1 fully saturated rings. The summed E-state index contributed by atoms with van der Waals surface area (Å²) in [6.45, 7) is 4.66. The van der Waals surface area contributed by atoms with E-state index in [2.05, 4.69) is 10.1 Å². The summed E-state index contributed by atoms with van der Waals surface area (Å²) in [7, 11) is 1.26. The number of piperazine rings is 1. The molecule has 1 aliphatic rings. The van der Waals surface area contributed by atoms with E-state index >= 15 is 0 Å². The third-order valence-corrected chi connectivity index (χ3v) is 3.93. The fourth-order valence-electron chi connectivity index (χ4n) is 2.44. The molecule has 0 radical (unpaired) electrons. The van der Waals surface area contributed by atoms with Gasteiger partial charge in [0.05, 0.1) is 13.5 Å². The second-order valence-corrected chi connectivity index (χ2v) is 5.38. The third kappa shape index (κ3) is 3.27. The molecule has 0 aromatic heterocycles. The number of aryl methyl sites for hydroxylation is 2. The monoisotopic (exact) mass is 304 g/mol. The van der Waals surface area contributed by atoms with Gasteiger partial charge in [-0.05, 0) is 37.1 Å². The van der Waals surface area contributed by atoms with Crippen molar-refractivity contribution in [2.24, 2.45) is 0 Å². The molecule has 2 amide bonds. The molecule has 0 bridgehead atoms. The van der Waals surface area contributed by atoms with Crippen LogP contribution < -0.4 is 5.32 Å². The molecule has 1 heterocycles. The first-order valence-electron chi connectivity index (χ1n) is 7.16. The summed E-state index contributed by atoms with van der Waals surface area (Å²) in [5.41, 5.74) is 2.63. The van der Waals surface area contributed by atoms with Crippen LogP contribution in [0.2, 0.25) is 0 Å². The lowest BCUT2D eigenvalue weighted by Gasteiger charge is -2.34. The highest BCUT2D eigenvalue weighted by Crippen LogP contribution is 2.17. The van der Waals surface area contributed by atoms with Gasteiger partial charge in [-0.1, -0.05) is 6.07 Å². The number of methoxy groups -OCH3 is 1. The molecule has 1 aromatic rings. The summed E-state index contributed by atoms with van der Waals surface area (Å²) < 4.78 is 4.61. The predicted octanol–water partition coefficient (Wildman–Crippen LogP) is 0.807. The molecule has 6 nitrogen and oxygen atoms in total. The Balaban J connectivity index is 2.25. The number of esters is 1. The molecular formula is C16H20N2O4. The molecule has 0 spiro atoms. The van der Waals surface area contributed by atoms with Gasteiger partial charge in [0.2, 0.25) is 5.91 Å². The summed E-state index contributed by atoms with van der Waals surface area (Å²) in [5.74, 6) is -1.08. The lowest BCUT2D eigenvalue weighted by atomic mass is 10.0. The third-order valence-electron chi connectivity index (χ3n) is 3.93. The van der Waals surface area contributed by atoms with Gasteiger partial charge >= 0.3 is 5.97 Å². The van der Waals surface area contributed by atoms with Gasteiger partial charge in [-0.15, -0.1) is 0 Å². The molecule has 1 saturated heterocycles. The highest BCUT2D eigenvalue weighted by atomic mass is 16.5. The summed E-state index contributed by atoms with van der Waals surface area (Å²) in [6, 6.07) is 4.60. The summed E-state index contributed by atoms with van der Waals surface area (Å²) >= 11 is 0. The van der Waals surface area contributed by atoms with Crippen LogP contribution in [0.15, 0.2) is 18.2 Å². The lowest BCUT2D eigenvalue weighted by molar-refractivity contribution is -0.145. The van der Waals surface area contributed by atoms with E-state index in [1.165, 1.54) is 12.0 Å². The molecule has 1 atom stereocenters. The molecule has 22 heavy (non-hydrogen) atoms. The number of carbonyl (C=O) groups is 3. The van der Waals surface area contributed by atoms with Crippen LogP contribution in [-0.2, 0) is 14.3 Å². The first-order chi connectivity index (χ1) is 10.4. The van der Waals surface area contributed by atoms with E-state index in [4.69, 9.17) is 0 Å². The van der Waals surface area contributed by atoms with E-state index < -0.39 is 12.0 Å². The Bertz CT molecular complexity index is 612. The molecule has 6 heteroatoms. The number of ether oxygens (including phenoxy) is 1. The maximum absolute atomic E-state index is 12.7. The van der Waals surface area contributed by atoms with E-state index in [-0.39, 0.29) is 18.2 Å². The minimum atomic E-state index is -0.824. The second-order valence-electron chi connectivity index (χ2n) is 5.38. The molecule has 1 aromatic carbocycles. The van der Waals surface area contributed by atoms with E-state index in [1.807, 2.05) is 19.9 Å². The van der Waals surface area contributed by atoms with Crippen LogP contribution in [0.3, 0.4) is 0 Å². The van der Waals surface area contributed by atoms with Crippen molar-refractivity contribution in [3.05, 3.63) is 34.9 Å². The van der Waals surface area contributed by atoms with Crippen LogP contribution in [-0.4, -0.2) is 48.9 Å². The molecule has 2 rings (SSSR count). The molecule has 0 saturated carbocycles. The first kappa shape index (κ1) is 16.0. The number of amides is 2. The van der Waals surface area contributed by atoms with Crippen LogP contribution in [0.4, 0.5) is 0 Å². The number of rotatable bonds is 3. The van der Waals surface area contributed by atoms with Gasteiger partial charge in [-0.2, -0.15) is 0 Å². The average molecular weight is 304 g/mol. The Labute approximate surface area is 129 Å². The Morgan fingerprint density at radius 2 is 2.05 bits per heavy atom. The fourth-order valence-corrected chi connectivity index (χ4v) is 2.44. The lowest BCUT2D eigenvalue weighted by Crippen LogP contribution is -2.57. The average Bonchev–Trinajstić information content (AvgIpc) is 2.51. The summed E-state index contributed by atoms with van der Waals surface area (Å²) in [5, 5.41) is 2.68. The van der Waals surface area contributed by atoms with E-state index in [0.717, 1.165) is 11.1 Å². The summed E-state index contributed by atoms with van der Waals surface area (Å²) in [6.07, 6.45) is -0.140. The van der Waals surface area contributed by atoms with Gasteiger partial charge in [-0.25, -0.2) is 0 Å². The van der Waals surface area contributed by atoms with Gasteiger partial charge in [-0.3, -0.25) is 14.4 Å². The zero-order valence-electron chi connectivity index (χ0n) is 13.0. The van der Waals surface area contributed by atoms with Crippen molar-refractivity contribution in [2.75, 3.05) is 20.2 Å². The fraction of sp³-hybridized carbons (Fsp3) is 0.438. The SMILES string of the molecule is COC(=O)CC1C(=O)NCCN1C(=O)c1ccc(C)c(C)c1. The Hall–Kier alpha value is -2.37. The smallest absolute Gasteiger partial charge is 0.308 e. The minimum Gasteiger partial charge on any atom is -0.469 e. The molecule has 118 valence electrons. The maximum Gasteiger partial charge on any atom is 0.308 e. The van der Waals surface area contributed by atoms with Gasteiger partial charge in [0.25, 0.3) is 5.91 Å². The number of nitrogens with one attached hydrogen (secondary N) is 1. The van der Waals surface area contributed by atoms with Crippen LogP contribution in [0, 0.1) is 13.8 Å². The highest BCUT2D eigenvalue weighted by molar-refractivity contribution is 5.99. The van der Waals surface area contributed by atoms with Crippen molar-refractivity contribution in [1.82, 2.24) is 10.2 Å². The van der Waals surface area contributed by atoms with Crippen molar-refractivity contribution in [2.45, 2.75) is 26.3 Å². The van der Waals surface area contributed by atoms with Gasteiger partial charge < -0.3 is 15.0 Å². The quantitative estimate of drug-likeness (QED) is 0.838. The largest absolute Gasteiger partial charge is 0.469 e. The van der Waals surface area contributed by atoms with Crippen LogP contribution in [0.1, 0.15) is 27.9 Å². The Morgan fingerprint density at radius 3 is 2.68 bits per heavy atom.